The Kier molecular flexibility index (Phi) is 7.23. The number of rotatable bonds is 9. The number of hydrogen-bond acceptors (Lipinski definition) is 6. The average Bonchev–Trinajstić information content (AvgIpc) is 3.54. The number of nitrogens with zero attached hydrogens (tertiary/aromatic N) is 1. The molecule has 0 aliphatic heterocycles. The summed E-state index contributed by atoms with van der Waals surface area (Å²) in [7, 11) is 2.64. The highest BCUT2D eigenvalue weighted by Gasteiger charge is 2.23. The summed E-state index contributed by atoms with van der Waals surface area (Å²) in [5.74, 6) is 0.931. The van der Waals surface area contributed by atoms with Gasteiger partial charge in [-0.15, -0.1) is 0 Å². The predicted octanol–water partition coefficient (Wildman–Crippen LogP) is 4.88. The number of ether oxygens (including phenoxy) is 3. The molecule has 0 saturated heterocycles. The van der Waals surface area contributed by atoms with Gasteiger partial charge in [-0.3, -0.25) is 0 Å². The third-order valence-corrected chi connectivity index (χ3v) is 4.92. The van der Waals surface area contributed by atoms with Gasteiger partial charge in [0.05, 0.1) is 23.8 Å². The first kappa shape index (κ1) is 21.3. The number of carbonyl (C=O) groups is 1. The summed E-state index contributed by atoms with van der Waals surface area (Å²) < 4.78 is 16.4. The van der Waals surface area contributed by atoms with E-state index in [0.29, 0.717) is 39.6 Å². The molecule has 0 heterocycles. The number of halogens is 2. The molecule has 0 radical (unpaired) electrons. The molecule has 3 rings (SSSR count). The van der Waals surface area contributed by atoms with Crippen LogP contribution in [0.1, 0.15) is 24.0 Å². The second-order valence-corrected chi connectivity index (χ2v) is 7.34. The fourth-order valence-corrected chi connectivity index (χ4v) is 3.24. The van der Waals surface area contributed by atoms with Crippen molar-refractivity contribution in [1.82, 2.24) is 0 Å². The van der Waals surface area contributed by atoms with E-state index in [9.17, 15) is 4.79 Å². The van der Waals surface area contributed by atoms with Gasteiger partial charge in [-0.05, 0) is 24.3 Å². The first-order valence-electron chi connectivity index (χ1n) is 9.05. The van der Waals surface area contributed by atoms with Crippen LogP contribution < -0.4 is 9.47 Å². The molecule has 0 bridgehead atoms. The quantitative estimate of drug-likeness (QED) is 0.317. The van der Waals surface area contributed by atoms with Gasteiger partial charge in [0.25, 0.3) is 0 Å². The van der Waals surface area contributed by atoms with Gasteiger partial charge < -0.3 is 19.0 Å². The van der Waals surface area contributed by atoms with Crippen LogP contribution in [-0.4, -0.2) is 32.5 Å². The fourth-order valence-electron chi connectivity index (χ4n) is 2.67. The molecule has 154 valence electrons. The molecule has 0 unspecified atom stereocenters. The summed E-state index contributed by atoms with van der Waals surface area (Å²) in [5.41, 5.74) is 1.31. The van der Waals surface area contributed by atoms with Gasteiger partial charge >= 0.3 is 5.97 Å². The van der Waals surface area contributed by atoms with Crippen LogP contribution in [0.3, 0.4) is 0 Å². The van der Waals surface area contributed by atoms with E-state index in [4.69, 9.17) is 42.3 Å². The number of methoxy groups -OCH3 is 1. The number of oxime groups is 1. The largest absolute Gasteiger partial charge is 0.490 e. The third kappa shape index (κ3) is 5.55. The summed E-state index contributed by atoms with van der Waals surface area (Å²) in [6, 6.07) is 10.5. The minimum atomic E-state index is -0.609. The SMILES string of the molecule is CO/N=C(\C(=O)OC)c1ccccc1COc1cc(Cl)c(OCC2CC2)c(Cl)c1. The zero-order chi connectivity index (χ0) is 20.8. The molecule has 29 heavy (non-hydrogen) atoms. The van der Waals surface area contributed by atoms with Gasteiger partial charge in [0.15, 0.2) is 11.5 Å². The minimum Gasteiger partial charge on any atom is -0.490 e. The maximum atomic E-state index is 12.0. The smallest absolute Gasteiger partial charge is 0.360 e. The summed E-state index contributed by atoms with van der Waals surface area (Å²) >= 11 is 12.6. The highest BCUT2D eigenvalue weighted by Crippen LogP contribution is 2.39. The van der Waals surface area contributed by atoms with E-state index in [1.807, 2.05) is 12.1 Å². The first-order chi connectivity index (χ1) is 14.0. The van der Waals surface area contributed by atoms with E-state index in [1.54, 1.807) is 24.3 Å². The Labute approximate surface area is 179 Å². The number of esters is 1. The van der Waals surface area contributed by atoms with Crippen molar-refractivity contribution < 1.29 is 23.8 Å². The molecule has 0 aromatic heterocycles. The Hall–Kier alpha value is -2.44. The Balaban J connectivity index is 1.76. The minimum absolute atomic E-state index is 0.0501. The third-order valence-electron chi connectivity index (χ3n) is 4.36. The van der Waals surface area contributed by atoms with Crippen LogP contribution in [0.5, 0.6) is 11.5 Å². The van der Waals surface area contributed by atoms with Crippen molar-refractivity contribution in [3.05, 3.63) is 57.6 Å². The van der Waals surface area contributed by atoms with Crippen molar-refractivity contribution in [3.8, 4) is 11.5 Å². The normalized spacial score (nSPS) is 13.7. The van der Waals surface area contributed by atoms with Crippen molar-refractivity contribution in [1.29, 1.82) is 0 Å². The van der Waals surface area contributed by atoms with Gasteiger partial charge in [-0.2, -0.15) is 0 Å². The monoisotopic (exact) mass is 437 g/mol. The van der Waals surface area contributed by atoms with Crippen molar-refractivity contribution >= 4 is 34.9 Å². The molecule has 1 saturated carbocycles. The fraction of sp³-hybridized carbons (Fsp3) is 0.333. The Morgan fingerprint density at radius 3 is 2.41 bits per heavy atom. The van der Waals surface area contributed by atoms with E-state index in [0.717, 1.165) is 5.56 Å². The number of carbonyl (C=O) groups excluding carboxylic acids is 1. The van der Waals surface area contributed by atoms with Gasteiger partial charge in [0.1, 0.15) is 19.5 Å². The van der Waals surface area contributed by atoms with E-state index in [1.165, 1.54) is 27.1 Å². The lowest BCUT2D eigenvalue weighted by Gasteiger charge is -2.14. The van der Waals surface area contributed by atoms with Crippen molar-refractivity contribution in [2.24, 2.45) is 11.1 Å². The second kappa shape index (κ2) is 9.85. The van der Waals surface area contributed by atoms with Crippen LogP contribution in [0.15, 0.2) is 41.6 Å². The molecule has 1 fully saturated rings. The molecule has 1 aliphatic rings. The topological polar surface area (TPSA) is 66.4 Å². The summed E-state index contributed by atoms with van der Waals surface area (Å²) in [6.45, 7) is 0.771. The van der Waals surface area contributed by atoms with Crippen LogP contribution in [0.2, 0.25) is 10.0 Å². The molecule has 8 heteroatoms. The Bertz CT molecular complexity index is 889. The molecule has 0 N–H and O–H groups in total. The zero-order valence-corrected chi connectivity index (χ0v) is 17.6. The highest BCUT2D eigenvalue weighted by atomic mass is 35.5. The van der Waals surface area contributed by atoms with Crippen LogP contribution in [0.4, 0.5) is 0 Å². The predicted molar refractivity (Wildman–Crippen MR) is 111 cm³/mol. The molecule has 6 nitrogen and oxygen atoms in total. The van der Waals surface area contributed by atoms with Gasteiger partial charge in [-0.1, -0.05) is 52.6 Å². The molecule has 0 atom stereocenters. The van der Waals surface area contributed by atoms with Crippen molar-refractivity contribution in [2.45, 2.75) is 19.4 Å². The first-order valence-corrected chi connectivity index (χ1v) is 9.81. The number of benzene rings is 2. The number of hydrogen-bond donors (Lipinski definition) is 0. The van der Waals surface area contributed by atoms with Crippen LogP contribution in [0, 0.1) is 5.92 Å². The molecular formula is C21H21Cl2NO5. The van der Waals surface area contributed by atoms with E-state index < -0.39 is 5.97 Å². The molecular weight excluding hydrogens is 417 g/mol. The second-order valence-electron chi connectivity index (χ2n) is 6.53. The van der Waals surface area contributed by atoms with Gasteiger partial charge in [-0.25, -0.2) is 4.79 Å². The Morgan fingerprint density at radius 2 is 1.79 bits per heavy atom. The molecule has 0 amide bonds. The van der Waals surface area contributed by atoms with Crippen molar-refractivity contribution in [3.63, 3.8) is 0 Å². The van der Waals surface area contributed by atoms with Crippen LogP contribution >= 0.6 is 23.2 Å². The zero-order valence-electron chi connectivity index (χ0n) is 16.1. The lowest BCUT2D eigenvalue weighted by Crippen LogP contribution is -2.19. The summed E-state index contributed by atoms with van der Waals surface area (Å²) in [5, 5.41) is 4.56. The lowest BCUT2D eigenvalue weighted by molar-refractivity contribution is -0.132. The molecule has 2 aromatic rings. The van der Waals surface area contributed by atoms with Crippen LogP contribution in [-0.2, 0) is 21.0 Å². The average molecular weight is 438 g/mol. The Morgan fingerprint density at radius 1 is 1.10 bits per heavy atom. The lowest BCUT2D eigenvalue weighted by atomic mass is 10.0. The molecule has 2 aromatic carbocycles. The van der Waals surface area contributed by atoms with Gasteiger partial charge in [0, 0.05) is 17.7 Å². The standard InChI is InChI=1S/C21H21Cl2NO5/c1-26-21(25)19(24-27-2)16-6-4-3-5-14(16)12-28-15-9-17(22)20(18(23)10-15)29-11-13-7-8-13/h3-6,9-10,13H,7-8,11-12H2,1-2H3/b24-19-. The van der Waals surface area contributed by atoms with E-state index in [-0.39, 0.29) is 12.3 Å². The van der Waals surface area contributed by atoms with Crippen molar-refractivity contribution in [2.75, 3.05) is 20.8 Å². The van der Waals surface area contributed by atoms with Gasteiger partial charge in [0.2, 0.25) is 0 Å². The van der Waals surface area contributed by atoms with E-state index >= 15 is 0 Å². The van der Waals surface area contributed by atoms with E-state index in [2.05, 4.69) is 5.16 Å². The summed E-state index contributed by atoms with van der Waals surface area (Å²) in [6.07, 6.45) is 2.35. The molecule has 0 spiro atoms. The maximum absolute atomic E-state index is 12.0. The van der Waals surface area contributed by atoms with Crippen LogP contribution in [0.25, 0.3) is 0 Å². The molecule has 1 aliphatic carbocycles. The highest BCUT2D eigenvalue weighted by molar-refractivity contribution is 6.43. The maximum Gasteiger partial charge on any atom is 0.360 e. The summed E-state index contributed by atoms with van der Waals surface area (Å²) in [4.78, 5) is 16.8.